The largest absolute Gasteiger partial charge is 0.492 e. The van der Waals surface area contributed by atoms with Crippen molar-refractivity contribution in [2.24, 2.45) is 11.8 Å². The third-order valence-electron chi connectivity index (χ3n) is 7.82. The lowest BCUT2D eigenvalue weighted by molar-refractivity contribution is 0.280. The molecule has 2 aromatic carbocycles. The predicted molar refractivity (Wildman–Crippen MR) is 172 cm³/mol. The van der Waals surface area contributed by atoms with Crippen molar-refractivity contribution >= 4 is 11.6 Å². The number of aromatic nitrogens is 2. The standard InChI is InChI=1S/C36H51ClN2O/c1-5-6-7-8-9-10-11-12-16-30-25-38-36(39-26-30)33-19-17-31(18-20-33)32-21-23-34(24-22-32)40-27-35(37)29(4)15-13-14-28(2)3/h17-26,28-29,35H,5-16,27H2,1-4H3. The van der Waals surface area contributed by atoms with Crippen LogP contribution in [0, 0.1) is 11.8 Å². The summed E-state index contributed by atoms with van der Waals surface area (Å²) in [4.78, 5) is 9.29. The lowest BCUT2D eigenvalue weighted by Gasteiger charge is -2.19. The Morgan fingerprint density at radius 3 is 1.82 bits per heavy atom. The molecule has 40 heavy (non-hydrogen) atoms. The van der Waals surface area contributed by atoms with Gasteiger partial charge in [0.05, 0.1) is 5.38 Å². The number of ether oxygens (including phenoxy) is 1. The van der Waals surface area contributed by atoms with Crippen LogP contribution in [0.2, 0.25) is 0 Å². The Morgan fingerprint density at radius 1 is 0.675 bits per heavy atom. The summed E-state index contributed by atoms with van der Waals surface area (Å²) in [5.74, 6) is 2.85. The molecule has 3 rings (SSSR count). The SMILES string of the molecule is CCCCCCCCCCc1cnc(-c2ccc(-c3ccc(OCC(Cl)C(C)CCCC(C)C)cc3)cc2)nc1. The molecule has 0 amide bonds. The van der Waals surface area contributed by atoms with Gasteiger partial charge in [-0.15, -0.1) is 11.6 Å². The zero-order valence-electron chi connectivity index (χ0n) is 25.4. The Hall–Kier alpha value is -2.39. The molecule has 0 bridgehead atoms. The van der Waals surface area contributed by atoms with Crippen molar-refractivity contribution in [3.63, 3.8) is 0 Å². The van der Waals surface area contributed by atoms with Gasteiger partial charge < -0.3 is 4.74 Å². The van der Waals surface area contributed by atoms with Crippen LogP contribution >= 0.6 is 11.6 Å². The molecule has 0 fully saturated rings. The molecule has 2 unspecified atom stereocenters. The summed E-state index contributed by atoms with van der Waals surface area (Å²) >= 11 is 6.61. The minimum absolute atomic E-state index is 0.0285. The molecular weight excluding hydrogens is 512 g/mol. The number of aryl methyl sites for hydroxylation is 1. The molecular formula is C36H51ClN2O. The highest BCUT2D eigenvalue weighted by Crippen LogP contribution is 2.26. The van der Waals surface area contributed by atoms with E-state index >= 15 is 0 Å². The first-order valence-electron chi connectivity index (χ1n) is 15.7. The molecule has 4 heteroatoms. The Bertz CT molecular complexity index is 1060. The molecule has 3 nitrogen and oxygen atoms in total. The maximum absolute atomic E-state index is 6.61. The van der Waals surface area contributed by atoms with Gasteiger partial charge in [-0.2, -0.15) is 0 Å². The van der Waals surface area contributed by atoms with Crippen molar-refractivity contribution in [2.45, 2.75) is 110 Å². The van der Waals surface area contributed by atoms with Crippen molar-refractivity contribution in [1.29, 1.82) is 0 Å². The van der Waals surface area contributed by atoms with E-state index in [1.54, 1.807) is 0 Å². The minimum Gasteiger partial charge on any atom is -0.492 e. The summed E-state index contributed by atoms with van der Waals surface area (Å²) in [5, 5.41) is 0.0285. The van der Waals surface area contributed by atoms with Crippen LogP contribution in [0.5, 0.6) is 5.75 Å². The maximum atomic E-state index is 6.61. The van der Waals surface area contributed by atoms with E-state index in [2.05, 4.69) is 74.1 Å². The number of hydrogen-bond acceptors (Lipinski definition) is 3. The van der Waals surface area contributed by atoms with Crippen molar-refractivity contribution in [1.82, 2.24) is 9.97 Å². The third-order valence-corrected chi connectivity index (χ3v) is 8.38. The van der Waals surface area contributed by atoms with Gasteiger partial charge in [0.2, 0.25) is 0 Å². The average Bonchev–Trinajstić information content (AvgIpc) is 2.97. The molecule has 0 N–H and O–H groups in total. The molecule has 218 valence electrons. The Balaban J connectivity index is 1.42. The fraction of sp³-hybridized carbons (Fsp3) is 0.556. The molecule has 0 radical (unpaired) electrons. The van der Waals surface area contributed by atoms with Crippen molar-refractivity contribution in [2.75, 3.05) is 6.61 Å². The van der Waals surface area contributed by atoms with E-state index in [0.29, 0.717) is 12.5 Å². The molecule has 0 saturated heterocycles. The molecule has 0 aliphatic heterocycles. The highest BCUT2D eigenvalue weighted by atomic mass is 35.5. The van der Waals surface area contributed by atoms with E-state index in [1.807, 2.05) is 24.5 Å². The highest BCUT2D eigenvalue weighted by molar-refractivity contribution is 6.20. The van der Waals surface area contributed by atoms with E-state index in [1.165, 1.54) is 69.8 Å². The van der Waals surface area contributed by atoms with Gasteiger partial charge in [-0.05, 0) is 59.9 Å². The fourth-order valence-corrected chi connectivity index (χ4v) is 5.21. The van der Waals surface area contributed by atoms with Gasteiger partial charge in [0, 0.05) is 18.0 Å². The average molecular weight is 563 g/mol. The monoisotopic (exact) mass is 562 g/mol. The molecule has 0 saturated carbocycles. The number of unbranched alkanes of at least 4 members (excludes halogenated alkanes) is 7. The minimum atomic E-state index is 0.0285. The zero-order chi connectivity index (χ0) is 28.6. The van der Waals surface area contributed by atoms with E-state index < -0.39 is 0 Å². The number of rotatable bonds is 19. The first-order valence-corrected chi connectivity index (χ1v) is 16.2. The van der Waals surface area contributed by atoms with Crippen LogP contribution in [0.25, 0.3) is 22.5 Å². The third kappa shape index (κ3) is 11.6. The zero-order valence-corrected chi connectivity index (χ0v) is 26.1. The normalized spacial score (nSPS) is 12.9. The lowest BCUT2D eigenvalue weighted by Crippen LogP contribution is -2.20. The predicted octanol–water partition coefficient (Wildman–Crippen LogP) is 10.9. The molecule has 2 atom stereocenters. The molecule has 0 aliphatic rings. The lowest BCUT2D eigenvalue weighted by atomic mass is 9.97. The van der Waals surface area contributed by atoms with Gasteiger partial charge in [-0.1, -0.05) is 122 Å². The highest BCUT2D eigenvalue weighted by Gasteiger charge is 2.15. The first-order chi connectivity index (χ1) is 19.5. The summed E-state index contributed by atoms with van der Waals surface area (Å²) in [6.45, 7) is 9.58. The Morgan fingerprint density at radius 2 is 1.23 bits per heavy atom. The first kappa shape index (κ1) is 32.1. The van der Waals surface area contributed by atoms with Gasteiger partial charge in [0.1, 0.15) is 12.4 Å². The van der Waals surface area contributed by atoms with E-state index in [9.17, 15) is 0 Å². The number of benzene rings is 2. The van der Waals surface area contributed by atoms with Crippen LogP contribution < -0.4 is 4.74 Å². The van der Waals surface area contributed by atoms with Crippen molar-refractivity contribution in [3.8, 4) is 28.3 Å². The number of halogens is 1. The molecule has 3 aromatic rings. The number of alkyl halides is 1. The van der Waals surface area contributed by atoms with Crippen LogP contribution in [-0.2, 0) is 6.42 Å². The molecule has 0 aliphatic carbocycles. The summed E-state index contributed by atoms with van der Waals surface area (Å²) in [7, 11) is 0. The topological polar surface area (TPSA) is 35.0 Å². The second-order valence-corrected chi connectivity index (χ2v) is 12.4. The van der Waals surface area contributed by atoms with Gasteiger partial charge in [0.15, 0.2) is 5.82 Å². The Labute approximate surface area is 249 Å². The smallest absolute Gasteiger partial charge is 0.159 e. The van der Waals surface area contributed by atoms with Gasteiger partial charge in [0.25, 0.3) is 0 Å². The van der Waals surface area contributed by atoms with Crippen LogP contribution in [0.4, 0.5) is 0 Å². The molecule has 1 aromatic heterocycles. The van der Waals surface area contributed by atoms with Crippen molar-refractivity contribution in [3.05, 3.63) is 66.5 Å². The summed E-state index contributed by atoms with van der Waals surface area (Å²) < 4.78 is 6.00. The fourth-order valence-electron chi connectivity index (χ4n) is 5.02. The van der Waals surface area contributed by atoms with E-state index in [4.69, 9.17) is 16.3 Å². The van der Waals surface area contributed by atoms with Crippen LogP contribution in [0.3, 0.4) is 0 Å². The quantitative estimate of drug-likeness (QED) is 0.108. The van der Waals surface area contributed by atoms with Gasteiger partial charge >= 0.3 is 0 Å². The Kier molecular flexibility index (Phi) is 14.6. The van der Waals surface area contributed by atoms with E-state index in [0.717, 1.165) is 47.0 Å². The van der Waals surface area contributed by atoms with Crippen molar-refractivity contribution < 1.29 is 4.74 Å². The van der Waals surface area contributed by atoms with E-state index in [-0.39, 0.29) is 5.38 Å². The van der Waals surface area contributed by atoms with Gasteiger partial charge in [-0.3, -0.25) is 0 Å². The van der Waals surface area contributed by atoms with Gasteiger partial charge in [-0.25, -0.2) is 9.97 Å². The summed E-state index contributed by atoms with van der Waals surface area (Å²) in [6.07, 6.45) is 19.4. The number of nitrogens with zero attached hydrogens (tertiary/aromatic N) is 2. The van der Waals surface area contributed by atoms with Crippen LogP contribution in [-0.4, -0.2) is 22.0 Å². The van der Waals surface area contributed by atoms with Crippen LogP contribution in [0.15, 0.2) is 60.9 Å². The maximum Gasteiger partial charge on any atom is 0.159 e. The molecule has 0 spiro atoms. The number of hydrogen-bond donors (Lipinski definition) is 0. The summed E-state index contributed by atoms with van der Waals surface area (Å²) in [6, 6.07) is 16.8. The second-order valence-electron chi connectivity index (χ2n) is 11.9. The molecule has 1 heterocycles. The summed E-state index contributed by atoms with van der Waals surface area (Å²) in [5.41, 5.74) is 4.59. The van der Waals surface area contributed by atoms with Crippen LogP contribution in [0.1, 0.15) is 104 Å². The second kappa shape index (κ2) is 18.1.